The Morgan fingerprint density at radius 3 is 3.11 bits per heavy atom. The van der Waals surface area contributed by atoms with Crippen LogP contribution in [0.25, 0.3) is 5.52 Å². The van der Waals surface area contributed by atoms with Crippen molar-refractivity contribution < 1.29 is 0 Å². The molecule has 3 rings (SSSR count). The van der Waals surface area contributed by atoms with Crippen LogP contribution in [-0.2, 0) is 6.42 Å². The predicted molar refractivity (Wildman–Crippen MR) is 73.6 cm³/mol. The molecule has 0 aliphatic carbocycles. The lowest BCUT2D eigenvalue weighted by molar-refractivity contribution is 0.550. The first kappa shape index (κ1) is 12.2. The molecule has 0 bridgehead atoms. The zero-order chi connectivity index (χ0) is 13.2. The molecule has 0 saturated carbocycles. The van der Waals surface area contributed by atoms with Crippen LogP contribution in [0.5, 0.6) is 0 Å². The molecule has 0 fully saturated rings. The summed E-state index contributed by atoms with van der Waals surface area (Å²) in [4.78, 5) is 8.60. The summed E-state index contributed by atoms with van der Waals surface area (Å²) in [5.41, 5.74) is 5.86. The Hall–Kier alpha value is -1.83. The van der Waals surface area contributed by atoms with Crippen molar-refractivity contribution in [2.45, 2.75) is 19.4 Å². The Labute approximate surface area is 114 Å². The Morgan fingerprint density at radius 1 is 1.47 bits per heavy atom. The second kappa shape index (κ2) is 5.04. The molecular weight excluding hydrogens is 260 g/mol. The summed E-state index contributed by atoms with van der Waals surface area (Å²) in [6.45, 7) is 2.00. The quantitative estimate of drug-likeness (QED) is 0.552. The fourth-order valence-electron chi connectivity index (χ4n) is 2.09. The van der Waals surface area contributed by atoms with E-state index in [9.17, 15) is 0 Å². The van der Waals surface area contributed by atoms with Crippen LogP contribution in [-0.4, -0.2) is 19.6 Å². The van der Waals surface area contributed by atoms with Gasteiger partial charge in [0.15, 0.2) is 0 Å². The van der Waals surface area contributed by atoms with Gasteiger partial charge in [0.2, 0.25) is 0 Å². The lowest BCUT2D eigenvalue weighted by Gasteiger charge is -2.13. The molecule has 0 aromatic carbocycles. The third-order valence-electron chi connectivity index (χ3n) is 3.01. The number of hydrogen-bond donors (Lipinski definition) is 2. The number of aromatic nitrogens is 4. The Morgan fingerprint density at radius 2 is 2.37 bits per heavy atom. The van der Waals surface area contributed by atoms with Gasteiger partial charge in [0, 0.05) is 29.8 Å². The number of nitrogens with zero attached hydrogens (tertiary/aromatic N) is 4. The summed E-state index contributed by atoms with van der Waals surface area (Å²) in [5.74, 6) is 5.68. The molecule has 0 radical (unpaired) electrons. The fraction of sp³-hybridized carbons (Fsp3) is 0.250. The van der Waals surface area contributed by atoms with Gasteiger partial charge >= 0.3 is 0 Å². The van der Waals surface area contributed by atoms with E-state index in [1.54, 1.807) is 28.2 Å². The second-order valence-corrected chi connectivity index (χ2v) is 5.35. The van der Waals surface area contributed by atoms with Crippen molar-refractivity contribution in [2.24, 2.45) is 5.84 Å². The smallest absolute Gasteiger partial charge is 0.0897 e. The van der Waals surface area contributed by atoms with Crippen LogP contribution in [0.2, 0.25) is 0 Å². The van der Waals surface area contributed by atoms with Gasteiger partial charge in [0.05, 0.1) is 34.7 Å². The van der Waals surface area contributed by atoms with Crippen molar-refractivity contribution in [1.29, 1.82) is 0 Å². The average molecular weight is 274 g/mol. The minimum absolute atomic E-state index is 0.0248. The van der Waals surface area contributed by atoms with E-state index in [-0.39, 0.29) is 6.04 Å². The molecule has 3 N–H and O–H groups in total. The van der Waals surface area contributed by atoms with E-state index in [1.807, 2.05) is 19.3 Å². The summed E-state index contributed by atoms with van der Waals surface area (Å²) in [6, 6.07) is -0.0248. The third kappa shape index (κ3) is 2.35. The minimum Gasteiger partial charge on any atom is -0.271 e. The molecule has 1 unspecified atom stereocenters. The maximum absolute atomic E-state index is 5.68. The number of aryl methyl sites for hydroxylation is 1. The van der Waals surface area contributed by atoms with Gasteiger partial charge in [-0.3, -0.25) is 16.3 Å². The standard InChI is InChI=1S/C12H14N6S/c1-8-16-9(7-19-8)4-11(17-13)10-5-15-18-3-2-14-6-12(10)18/h2-3,5-7,11,17H,4,13H2,1H3. The normalized spacial score (nSPS) is 12.9. The topological polar surface area (TPSA) is 81.1 Å². The monoisotopic (exact) mass is 274 g/mol. The highest BCUT2D eigenvalue weighted by molar-refractivity contribution is 7.09. The van der Waals surface area contributed by atoms with E-state index in [0.29, 0.717) is 0 Å². The first-order valence-electron chi connectivity index (χ1n) is 5.92. The predicted octanol–water partition coefficient (Wildman–Crippen LogP) is 1.24. The zero-order valence-corrected chi connectivity index (χ0v) is 11.3. The largest absolute Gasteiger partial charge is 0.271 e. The van der Waals surface area contributed by atoms with Crippen LogP contribution in [0.3, 0.4) is 0 Å². The van der Waals surface area contributed by atoms with Crippen LogP contribution < -0.4 is 11.3 Å². The van der Waals surface area contributed by atoms with Crippen molar-refractivity contribution in [3.05, 3.63) is 46.4 Å². The molecule has 19 heavy (non-hydrogen) atoms. The summed E-state index contributed by atoms with van der Waals surface area (Å²) in [7, 11) is 0. The molecule has 3 aromatic heterocycles. The van der Waals surface area contributed by atoms with Crippen molar-refractivity contribution in [1.82, 2.24) is 25.0 Å². The lowest BCUT2D eigenvalue weighted by atomic mass is 10.1. The Balaban J connectivity index is 1.93. The highest BCUT2D eigenvalue weighted by atomic mass is 32.1. The van der Waals surface area contributed by atoms with Crippen LogP contribution in [0, 0.1) is 6.92 Å². The molecule has 0 spiro atoms. The van der Waals surface area contributed by atoms with Crippen molar-refractivity contribution in [3.63, 3.8) is 0 Å². The highest BCUT2D eigenvalue weighted by Gasteiger charge is 2.17. The number of nitrogens with two attached hydrogens (primary N) is 1. The number of nitrogens with one attached hydrogen (secondary N) is 1. The third-order valence-corrected chi connectivity index (χ3v) is 3.83. The molecular formula is C12H14N6S. The Bertz CT molecular complexity index is 688. The van der Waals surface area contributed by atoms with Gasteiger partial charge in [0.25, 0.3) is 0 Å². The van der Waals surface area contributed by atoms with Gasteiger partial charge in [-0.25, -0.2) is 9.50 Å². The van der Waals surface area contributed by atoms with E-state index < -0.39 is 0 Å². The summed E-state index contributed by atoms with van der Waals surface area (Å²) in [6.07, 6.45) is 7.87. The number of thiazole rings is 1. The van der Waals surface area contributed by atoms with Crippen molar-refractivity contribution >= 4 is 16.9 Å². The van der Waals surface area contributed by atoms with Gasteiger partial charge < -0.3 is 0 Å². The molecule has 0 aliphatic heterocycles. The maximum Gasteiger partial charge on any atom is 0.0897 e. The number of rotatable bonds is 4. The molecule has 0 aliphatic rings. The SMILES string of the molecule is Cc1nc(CC(NN)c2cnn3ccncc23)cs1. The molecule has 6 nitrogen and oxygen atoms in total. The molecule has 1 atom stereocenters. The van der Waals surface area contributed by atoms with Gasteiger partial charge in [-0.1, -0.05) is 0 Å². The second-order valence-electron chi connectivity index (χ2n) is 4.29. The molecule has 3 aromatic rings. The van der Waals surface area contributed by atoms with Gasteiger partial charge in [-0.2, -0.15) is 5.10 Å². The van der Waals surface area contributed by atoms with Gasteiger partial charge in [-0.15, -0.1) is 11.3 Å². The average Bonchev–Trinajstić information content (AvgIpc) is 3.02. The molecule has 7 heteroatoms. The number of fused-ring (bicyclic) bond motifs is 1. The van der Waals surface area contributed by atoms with E-state index in [1.165, 1.54) is 0 Å². The first-order chi connectivity index (χ1) is 9.28. The minimum atomic E-state index is -0.0248. The van der Waals surface area contributed by atoms with Crippen LogP contribution in [0.15, 0.2) is 30.2 Å². The fourth-order valence-corrected chi connectivity index (χ4v) is 2.72. The lowest BCUT2D eigenvalue weighted by Crippen LogP contribution is -2.29. The van der Waals surface area contributed by atoms with Gasteiger partial charge in [-0.05, 0) is 6.92 Å². The van der Waals surface area contributed by atoms with Crippen LogP contribution in [0.4, 0.5) is 0 Å². The zero-order valence-electron chi connectivity index (χ0n) is 10.4. The van der Waals surface area contributed by atoms with Gasteiger partial charge in [0.1, 0.15) is 0 Å². The highest BCUT2D eigenvalue weighted by Crippen LogP contribution is 2.22. The van der Waals surface area contributed by atoms with E-state index in [2.05, 4.69) is 25.9 Å². The van der Waals surface area contributed by atoms with E-state index in [0.717, 1.165) is 28.2 Å². The van der Waals surface area contributed by atoms with E-state index >= 15 is 0 Å². The molecule has 98 valence electrons. The van der Waals surface area contributed by atoms with Crippen LogP contribution >= 0.6 is 11.3 Å². The molecule has 0 amide bonds. The summed E-state index contributed by atoms with van der Waals surface area (Å²) < 4.78 is 1.79. The maximum atomic E-state index is 5.68. The first-order valence-corrected chi connectivity index (χ1v) is 6.80. The summed E-state index contributed by atoms with van der Waals surface area (Å²) >= 11 is 1.64. The Kier molecular flexibility index (Phi) is 3.24. The van der Waals surface area contributed by atoms with Crippen molar-refractivity contribution in [3.8, 4) is 0 Å². The van der Waals surface area contributed by atoms with Crippen molar-refractivity contribution in [2.75, 3.05) is 0 Å². The number of hydrazine groups is 1. The van der Waals surface area contributed by atoms with Crippen LogP contribution in [0.1, 0.15) is 22.3 Å². The summed E-state index contributed by atoms with van der Waals surface area (Å²) in [5, 5.41) is 7.42. The van der Waals surface area contributed by atoms with E-state index in [4.69, 9.17) is 5.84 Å². The molecule has 0 saturated heterocycles. The number of hydrogen-bond acceptors (Lipinski definition) is 6. The molecule has 3 heterocycles.